The van der Waals surface area contributed by atoms with E-state index in [-0.39, 0.29) is 23.9 Å². The molecule has 0 bridgehead atoms. The fourth-order valence-electron chi connectivity index (χ4n) is 0.802. The van der Waals surface area contributed by atoms with Gasteiger partial charge in [0.25, 0.3) is 0 Å². The van der Waals surface area contributed by atoms with Crippen LogP contribution in [0.2, 0.25) is 0 Å². The zero-order valence-corrected chi connectivity index (χ0v) is 5.13. The Morgan fingerprint density at radius 3 is 3.40 bits per heavy atom. The van der Waals surface area contributed by atoms with Crippen molar-refractivity contribution < 1.29 is 4.11 Å². The maximum atomic E-state index is 7.50. The average Bonchev–Trinajstić information content (AvgIpc) is 2.59. The highest BCUT2D eigenvalue weighted by molar-refractivity contribution is 5.46. The van der Waals surface area contributed by atoms with Crippen molar-refractivity contribution in [1.82, 2.24) is 9.38 Å². The summed E-state index contributed by atoms with van der Waals surface area (Å²) in [6.45, 7) is 0. The van der Waals surface area contributed by atoms with E-state index in [0.717, 1.165) is 0 Å². The highest BCUT2D eigenvalue weighted by atomic mass is 15.0. The van der Waals surface area contributed by atoms with Crippen LogP contribution in [0.1, 0.15) is 4.11 Å². The molecule has 0 saturated heterocycles. The molecule has 0 spiro atoms. The molecule has 0 saturated carbocycles. The number of hydrogen-bond acceptors (Lipinski definition) is 2. The molecule has 0 aliphatic rings. The summed E-state index contributed by atoms with van der Waals surface area (Å²) < 4.78 is 23.8. The topological polar surface area (TPSA) is 43.3 Å². The van der Waals surface area contributed by atoms with E-state index in [1.165, 1.54) is 10.6 Å². The lowest BCUT2D eigenvalue weighted by Gasteiger charge is -1.95. The Bertz CT molecular complexity index is 435. The second-order valence-corrected chi connectivity index (χ2v) is 1.88. The van der Waals surface area contributed by atoms with Gasteiger partial charge in [-0.1, -0.05) is 6.04 Å². The molecule has 0 aromatic carbocycles. The third kappa shape index (κ3) is 0.572. The Kier molecular flexibility index (Phi) is 0.529. The summed E-state index contributed by atoms with van der Waals surface area (Å²) in [5, 5.41) is 0. The molecule has 2 rings (SSSR count). The highest BCUT2D eigenvalue weighted by Gasteiger charge is 1.92. The predicted molar refractivity (Wildman–Crippen MR) is 39.6 cm³/mol. The fraction of sp³-hybridized carbons (Fsp3) is 0. The van der Waals surface area contributed by atoms with Crippen molar-refractivity contribution in [3.05, 3.63) is 30.5 Å². The number of aromatic nitrogens is 2. The number of anilines is 1. The zero-order chi connectivity index (χ0) is 9.59. The van der Waals surface area contributed by atoms with Crippen LogP contribution in [0.4, 0.5) is 5.82 Å². The first kappa shape index (κ1) is 3.05. The molecule has 0 amide bonds. The molecule has 0 aliphatic heterocycles. The Morgan fingerprint density at radius 2 is 2.50 bits per heavy atom. The van der Waals surface area contributed by atoms with Gasteiger partial charge in [-0.15, -0.1) is 0 Å². The van der Waals surface area contributed by atoms with Crippen LogP contribution in [0, 0.1) is 0 Å². The summed E-state index contributed by atoms with van der Waals surface area (Å²) in [4.78, 5) is 3.87. The van der Waals surface area contributed by atoms with Gasteiger partial charge in [0.1, 0.15) is 11.5 Å². The number of nitrogens with two attached hydrogens (primary N) is 1. The average molecular weight is 136 g/mol. The number of pyridine rings is 1. The van der Waals surface area contributed by atoms with Gasteiger partial charge < -0.3 is 5.73 Å². The number of hydrogen-bond donors (Lipinski definition) is 1. The first-order chi connectivity index (χ1) is 6.13. The van der Waals surface area contributed by atoms with Gasteiger partial charge in [-0.05, 0) is 12.1 Å². The summed E-state index contributed by atoms with van der Waals surface area (Å²) in [6.07, 6.45) is 3.06. The molecule has 0 aliphatic carbocycles. The minimum Gasteiger partial charge on any atom is -0.385 e. The number of fused-ring (bicyclic) bond motifs is 1. The minimum atomic E-state index is -0.184. The van der Waals surface area contributed by atoms with Crippen LogP contribution < -0.4 is 5.73 Å². The third-order valence-electron chi connectivity index (χ3n) is 1.27. The molecule has 0 fully saturated rings. The van der Waals surface area contributed by atoms with Gasteiger partial charge in [0.15, 0.2) is 0 Å². The van der Waals surface area contributed by atoms with Gasteiger partial charge in [-0.2, -0.15) is 0 Å². The van der Waals surface area contributed by atoms with E-state index < -0.39 is 0 Å². The Balaban J connectivity index is 3.02. The molecular formula is C7H7N3. The Morgan fingerprint density at radius 1 is 1.60 bits per heavy atom. The molecule has 3 heteroatoms. The Hall–Kier alpha value is -1.51. The summed E-state index contributed by atoms with van der Waals surface area (Å²) in [7, 11) is 0. The molecule has 0 unspecified atom stereocenters. The summed E-state index contributed by atoms with van der Waals surface area (Å²) in [5.74, 6) is 0.147. The van der Waals surface area contributed by atoms with E-state index in [0.29, 0.717) is 5.65 Å². The molecule has 2 aromatic rings. The summed E-state index contributed by atoms with van der Waals surface area (Å²) >= 11 is 0. The van der Waals surface area contributed by atoms with E-state index in [1.807, 2.05) is 0 Å². The summed E-state index contributed by atoms with van der Waals surface area (Å²) in [6, 6.07) is -0.379. The van der Waals surface area contributed by atoms with Gasteiger partial charge in [-0.3, -0.25) is 4.40 Å². The van der Waals surface area contributed by atoms with Crippen molar-refractivity contribution in [3.63, 3.8) is 0 Å². The van der Waals surface area contributed by atoms with Gasteiger partial charge >= 0.3 is 0 Å². The van der Waals surface area contributed by atoms with Crippen molar-refractivity contribution in [2.45, 2.75) is 0 Å². The molecule has 50 valence electrons. The van der Waals surface area contributed by atoms with Gasteiger partial charge in [0, 0.05) is 12.4 Å². The first-order valence-electron chi connectivity index (χ1n) is 4.31. The molecule has 10 heavy (non-hydrogen) atoms. The second-order valence-electron chi connectivity index (χ2n) is 1.88. The lowest BCUT2D eigenvalue weighted by atomic mass is 10.4. The van der Waals surface area contributed by atoms with Crippen molar-refractivity contribution in [2.24, 2.45) is 0 Å². The zero-order valence-electron chi connectivity index (χ0n) is 8.13. The van der Waals surface area contributed by atoms with Crippen LogP contribution >= 0.6 is 0 Å². The van der Waals surface area contributed by atoms with Crippen molar-refractivity contribution in [3.8, 4) is 0 Å². The number of nitrogen functional groups attached to an aromatic ring is 1. The van der Waals surface area contributed by atoms with Crippen LogP contribution in [-0.2, 0) is 0 Å². The van der Waals surface area contributed by atoms with Crippen molar-refractivity contribution >= 4 is 11.5 Å². The van der Waals surface area contributed by atoms with Crippen LogP contribution in [0.25, 0.3) is 5.65 Å². The van der Waals surface area contributed by atoms with E-state index >= 15 is 0 Å². The first-order valence-corrected chi connectivity index (χ1v) is 2.81. The van der Waals surface area contributed by atoms with E-state index in [9.17, 15) is 0 Å². The van der Waals surface area contributed by atoms with E-state index in [2.05, 4.69) is 4.98 Å². The monoisotopic (exact) mass is 136 g/mol. The molecule has 2 heterocycles. The highest BCUT2D eigenvalue weighted by Crippen LogP contribution is 2.05. The third-order valence-corrected chi connectivity index (χ3v) is 1.27. The maximum absolute atomic E-state index is 7.50. The molecular weight excluding hydrogens is 126 g/mol. The predicted octanol–water partition coefficient (Wildman–Crippen LogP) is 0.917. The van der Waals surface area contributed by atoms with Gasteiger partial charge in [0.05, 0.1) is 4.11 Å². The fourth-order valence-corrected chi connectivity index (χ4v) is 0.802. The van der Waals surface area contributed by atoms with Crippen LogP contribution in [-0.4, -0.2) is 9.38 Å². The second kappa shape index (κ2) is 1.73. The standard InChI is InChI=1S/C7H7N3/c8-6-2-1-3-7-9-4-5-10(6)7/h1-5H,8H2/i1D,2D,3D. The molecule has 2 aromatic heterocycles. The SMILES string of the molecule is [2H]c1c([2H])c(N)n2ccnc2c1[2H]. The van der Waals surface area contributed by atoms with Crippen molar-refractivity contribution in [1.29, 1.82) is 0 Å². The van der Waals surface area contributed by atoms with Crippen LogP contribution in [0.5, 0.6) is 0 Å². The van der Waals surface area contributed by atoms with E-state index in [4.69, 9.17) is 9.85 Å². The quantitative estimate of drug-likeness (QED) is 0.585. The Labute approximate surface area is 62.3 Å². The molecule has 0 radical (unpaired) electrons. The number of imidazole rings is 1. The minimum absolute atomic E-state index is 0.0656. The van der Waals surface area contributed by atoms with Gasteiger partial charge in [-0.25, -0.2) is 4.98 Å². The number of nitrogens with zero attached hydrogens (tertiary/aromatic N) is 2. The lowest BCUT2D eigenvalue weighted by molar-refractivity contribution is 1.20. The molecule has 2 N–H and O–H groups in total. The molecule has 3 nitrogen and oxygen atoms in total. The number of rotatable bonds is 0. The van der Waals surface area contributed by atoms with Crippen LogP contribution in [0.15, 0.2) is 30.5 Å². The van der Waals surface area contributed by atoms with E-state index in [1.54, 1.807) is 6.20 Å². The van der Waals surface area contributed by atoms with Crippen LogP contribution in [0.3, 0.4) is 0 Å². The van der Waals surface area contributed by atoms with Gasteiger partial charge in [0.2, 0.25) is 0 Å². The molecule has 0 atom stereocenters. The normalized spacial score (nSPS) is 14.6. The lowest BCUT2D eigenvalue weighted by Crippen LogP contribution is -1.93. The van der Waals surface area contributed by atoms with Crippen molar-refractivity contribution in [2.75, 3.05) is 5.73 Å². The smallest absolute Gasteiger partial charge is 0.138 e. The largest absolute Gasteiger partial charge is 0.385 e. The maximum Gasteiger partial charge on any atom is 0.138 e. The summed E-state index contributed by atoms with van der Waals surface area (Å²) in [5.41, 5.74) is 5.88.